The highest BCUT2D eigenvalue weighted by Gasteiger charge is 2.27. The van der Waals surface area contributed by atoms with Gasteiger partial charge in [0.15, 0.2) is 0 Å². The van der Waals surface area contributed by atoms with Crippen LogP contribution in [0, 0.1) is 5.95 Å². The minimum atomic E-state index is -0.771. The fourth-order valence-electron chi connectivity index (χ4n) is 3.30. The molecule has 8 heteroatoms. The van der Waals surface area contributed by atoms with Gasteiger partial charge in [0, 0.05) is 24.5 Å². The lowest BCUT2D eigenvalue weighted by Gasteiger charge is -2.26. The molecule has 1 atom stereocenters. The fourth-order valence-corrected chi connectivity index (χ4v) is 3.30. The number of fused-ring (bicyclic) bond motifs is 1. The molecule has 1 aliphatic heterocycles. The van der Waals surface area contributed by atoms with Crippen LogP contribution in [-0.2, 0) is 0 Å². The summed E-state index contributed by atoms with van der Waals surface area (Å²) in [6.07, 6.45) is 5.73. The maximum atomic E-state index is 13.1. The Kier molecular flexibility index (Phi) is 4.39. The Balaban J connectivity index is 1.51. The van der Waals surface area contributed by atoms with E-state index in [0.717, 1.165) is 42.3 Å². The molecular weight excluding hydrogens is 335 g/mol. The molecule has 26 heavy (non-hydrogen) atoms. The number of rotatable bonds is 4. The average molecular weight is 352 g/mol. The fraction of sp³-hybridized carbons (Fsp3) is 0.278. The summed E-state index contributed by atoms with van der Waals surface area (Å²) in [5, 5.41) is 3.81. The van der Waals surface area contributed by atoms with E-state index in [4.69, 9.17) is 0 Å². The molecule has 0 saturated carbocycles. The van der Waals surface area contributed by atoms with E-state index in [-0.39, 0.29) is 11.7 Å². The second-order valence-electron chi connectivity index (χ2n) is 6.14. The first kappa shape index (κ1) is 16.3. The zero-order chi connectivity index (χ0) is 17.9. The van der Waals surface area contributed by atoms with Crippen molar-refractivity contribution in [1.29, 1.82) is 0 Å². The van der Waals surface area contributed by atoms with E-state index >= 15 is 0 Å². The van der Waals surface area contributed by atoms with Crippen molar-refractivity contribution in [2.45, 2.75) is 18.9 Å². The molecule has 3 aromatic rings. The molecule has 0 bridgehead atoms. The average Bonchev–Trinajstić information content (AvgIpc) is 3.14. The molecule has 1 amide bonds. The second kappa shape index (κ2) is 6.99. The van der Waals surface area contributed by atoms with Crippen molar-refractivity contribution < 1.29 is 9.18 Å². The van der Waals surface area contributed by atoms with Crippen molar-refractivity contribution in [3.05, 3.63) is 54.6 Å². The molecule has 1 unspecified atom stereocenters. The van der Waals surface area contributed by atoms with Crippen LogP contribution in [0.1, 0.15) is 23.3 Å². The van der Waals surface area contributed by atoms with E-state index in [0.29, 0.717) is 6.54 Å². The number of hydrogen-bond acceptors (Lipinski definition) is 6. The number of carbonyl (C=O) groups excluding carboxylic acids is 1. The summed E-state index contributed by atoms with van der Waals surface area (Å²) >= 11 is 0. The van der Waals surface area contributed by atoms with Gasteiger partial charge < -0.3 is 10.2 Å². The van der Waals surface area contributed by atoms with Gasteiger partial charge in [0.25, 0.3) is 5.91 Å². The normalized spacial score (nSPS) is 16.8. The summed E-state index contributed by atoms with van der Waals surface area (Å²) in [6, 6.07) is 7.97. The Labute approximate surface area is 149 Å². The molecule has 2 aromatic heterocycles. The number of nitrogens with one attached hydrogen (secondary N) is 1. The van der Waals surface area contributed by atoms with Crippen LogP contribution in [-0.4, -0.2) is 45.0 Å². The lowest BCUT2D eigenvalue weighted by molar-refractivity contribution is 0.0944. The molecule has 0 spiro atoms. The first-order chi connectivity index (χ1) is 12.7. The monoisotopic (exact) mass is 352 g/mol. The number of halogens is 1. The van der Waals surface area contributed by atoms with Crippen LogP contribution in [0.15, 0.2) is 43.0 Å². The van der Waals surface area contributed by atoms with Crippen LogP contribution in [0.4, 0.5) is 10.2 Å². The first-order valence-corrected chi connectivity index (χ1v) is 8.44. The van der Waals surface area contributed by atoms with Crippen LogP contribution >= 0.6 is 0 Å². The third-order valence-electron chi connectivity index (χ3n) is 4.51. The van der Waals surface area contributed by atoms with Gasteiger partial charge in [-0.1, -0.05) is 12.1 Å². The molecule has 3 heterocycles. The lowest BCUT2D eigenvalue weighted by Crippen LogP contribution is -2.41. The standard InChI is InChI=1S/C18H17FN6O/c19-16-10-20-9-15(24-16)18(26)21-8-12-4-3-7-25(12)17-13-5-1-2-6-14(13)22-11-23-17/h1-2,5-6,9-12H,3-4,7-8H2,(H,21,26). The van der Waals surface area contributed by atoms with Gasteiger partial charge in [-0.15, -0.1) is 0 Å². The van der Waals surface area contributed by atoms with E-state index in [1.807, 2.05) is 24.3 Å². The van der Waals surface area contributed by atoms with E-state index < -0.39 is 11.9 Å². The van der Waals surface area contributed by atoms with Crippen molar-refractivity contribution in [2.75, 3.05) is 18.0 Å². The lowest BCUT2D eigenvalue weighted by atomic mass is 10.2. The van der Waals surface area contributed by atoms with E-state index in [1.165, 1.54) is 6.20 Å². The highest BCUT2D eigenvalue weighted by atomic mass is 19.1. The van der Waals surface area contributed by atoms with Crippen LogP contribution < -0.4 is 10.2 Å². The minimum absolute atomic E-state index is 0.0259. The van der Waals surface area contributed by atoms with Gasteiger partial charge in [-0.3, -0.25) is 9.78 Å². The first-order valence-electron chi connectivity index (χ1n) is 8.44. The smallest absolute Gasteiger partial charge is 0.271 e. The van der Waals surface area contributed by atoms with Gasteiger partial charge in [0.2, 0.25) is 5.95 Å². The number of benzene rings is 1. The van der Waals surface area contributed by atoms with Crippen LogP contribution in [0.3, 0.4) is 0 Å². The highest BCUT2D eigenvalue weighted by Crippen LogP contribution is 2.29. The summed E-state index contributed by atoms with van der Waals surface area (Å²) in [4.78, 5) is 30.4. The Morgan fingerprint density at radius 3 is 3.04 bits per heavy atom. The number of hydrogen-bond donors (Lipinski definition) is 1. The summed E-state index contributed by atoms with van der Waals surface area (Å²) < 4.78 is 13.1. The van der Waals surface area contributed by atoms with Crippen molar-refractivity contribution in [3.8, 4) is 0 Å². The molecule has 1 aliphatic rings. The largest absolute Gasteiger partial charge is 0.351 e. The minimum Gasteiger partial charge on any atom is -0.351 e. The molecule has 1 fully saturated rings. The predicted molar refractivity (Wildman–Crippen MR) is 94.2 cm³/mol. The molecule has 0 aliphatic carbocycles. The molecular formula is C18H17FN6O. The van der Waals surface area contributed by atoms with Gasteiger partial charge in [0.05, 0.1) is 17.9 Å². The van der Waals surface area contributed by atoms with E-state index in [9.17, 15) is 9.18 Å². The number of anilines is 1. The summed E-state index contributed by atoms with van der Waals surface area (Å²) in [7, 11) is 0. The Hall–Kier alpha value is -3.16. The Morgan fingerprint density at radius 2 is 2.15 bits per heavy atom. The topological polar surface area (TPSA) is 83.9 Å². The quantitative estimate of drug-likeness (QED) is 0.773. The number of nitrogens with zero attached hydrogens (tertiary/aromatic N) is 5. The van der Waals surface area contributed by atoms with Gasteiger partial charge >= 0.3 is 0 Å². The summed E-state index contributed by atoms with van der Waals surface area (Å²) in [5.74, 6) is -0.332. The Morgan fingerprint density at radius 1 is 1.27 bits per heavy atom. The number of aromatic nitrogens is 4. The predicted octanol–water partition coefficient (Wildman–Crippen LogP) is 1.96. The number of para-hydroxylation sites is 1. The third-order valence-corrected chi connectivity index (χ3v) is 4.51. The third kappa shape index (κ3) is 3.17. The SMILES string of the molecule is O=C(NCC1CCCN1c1ncnc2ccccc12)c1cncc(F)n1. The van der Waals surface area contributed by atoms with Crippen molar-refractivity contribution in [2.24, 2.45) is 0 Å². The summed E-state index contributed by atoms with van der Waals surface area (Å²) in [5.41, 5.74) is 0.865. The zero-order valence-electron chi connectivity index (χ0n) is 14.0. The number of amides is 1. The van der Waals surface area contributed by atoms with Crippen molar-refractivity contribution >= 4 is 22.6 Å². The highest BCUT2D eigenvalue weighted by molar-refractivity contribution is 5.92. The molecule has 1 saturated heterocycles. The zero-order valence-corrected chi connectivity index (χ0v) is 14.0. The van der Waals surface area contributed by atoms with E-state index in [2.05, 4.69) is 30.2 Å². The Bertz CT molecular complexity index is 944. The second-order valence-corrected chi connectivity index (χ2v) is 6.14. The summed E-state index contributed by atoms with van der Waals surface area (Å²) in [6.45, 7) is 1.29. The molecule has 1 aromatic carbocycles. The number of carbonyl (C=O) groups is 1. The molecule has 4 rings (SSSR count). The van der Waals surface area contributed by atoms with E-state index in [1.54, 1.807) is 6.33 Å². The van der Waals surface area contributed by atoms with Crippen LogP contribution in [0.5, 0.6) is 0 Å². The van der Waals surface area contributed by atoms with Crippen molar-refractivity contribution in [1.82, 2.24) is 25.3 Å². The molecule has 7 nitrogen and oxygen atoms in total. The molecule has 0 radical (unpaired) electrons. The van der Waals surface area contributed by atoms with Gasteiger partial charge in [-0.05, 0) is 25.0 Å². The van der Waals surface area contributed by atoms with Crippen molar-refractivity contribution in [3.63, 3.8) is 0 Å². The molecule has 132 valence electrons. The maximum absolute atomic E-state index is 13.1. The van der Waals surface area contributed by atoms with Crippen LogP contribution in [0.2, 0.25) is 0 Å². The maximum Gasteiger partial charge on any atom is 0.271 e. The van der Waals surface area contributed by atoms with Crippen LogP contribution in [0.25, 0.3) is 10.9 Å². The van der Waals surface area contributed by atoms with Gasteiger partial charge in [-0.2, -0.15) is 4.39 Å². The molecule has 1 N–H and O–H groups in total. The van der Waals surface area contributed by atoms with Gasteiger partial charge in [-0.25, -0.2) is 15.0 Å². The van der Waals surface area contributed by atoms with Gasteiger partial charge in [0.1, 0.15) is 17.8 Å².